The van der Waals surface area contributed by atoms with Crippen LogP contribution in [0.15, 0.2) is 40.9 Å². The Balaban J connectivity index is 2.11. The van der Waals surface area contributed by atoms with E-state index in [2.05, 4.69) is 62.9 Å². The van der Waals surface area contributed by atoms with E-state index in [9.17, 15) is 4.39 Å². The van der Waals surface area contributed by atoms with Crippen molar-refractivity contribution in [2.24, 2.45) is 0 Å². The Kier molecular flexibility index (Phi) is 4.61. The molecule has 4 heteroatoms. The van der Waals surface area contributed by atoms with Crippen LogP contribution in [-0.4, -0.2) is 0 Å². The summed E-state index contributed by atoms with van der Waals surface area (Å²) in [5.74, 6) is -0.214. The van der Waals surface area contributed by atoms with Gasteiger partial charge in [-0.3, -0.25) is 0 Å². The van der Waals surface area contributed by atoms with Gasteiger partial charge >= 0.3 is 0 Å². The van der Waals surface area contributed by atoms with Gasteiger partial charge in [0.05, 0.1) is 0 Å². The fourth-order valence-electron chi connectivity index (χ4n) is 1.58. The van der Waals surface area contributed by atoms with Crippen LogP contribution in [-0.2, 0) is 6.54 Å². The van der Waals surface area contributed by atoms with Crippen molar-refractivity contribution in [3.05, 3.63) is 61.4 Å². The van der Waals surface area contributed by atoms with Crippen molar-refractivity contribution in [2.75, 3.05) is 5.32 Å². The van der Waals surface area contributed by atoms with Crippen LogP contribution < -0.4 is 5.32 Å². The van der Waals surface area contributed by atoms with Crippen LogP contribution in [0, 0.1) is 16.3 Å². The number of nitrogens with one attached hydrogen (secondary N) is 1. The van der Waals surface area contributed by atoms with Crippen LogP contribution in [0.3, 0.4) is 0 Å². The molecule has 2 aromatic rings. The quantitative estimate of drug-likeness (QED) is 0.681. The highest BCUT2D eigenvalue weighted by molar-refractivity contribution is 14.1. The lowest BCUT2D eigenvalue weighted by molar-refractivity contribution is 0.625. The zero-order chi connectivity index (χ0) is 13.1. The topological polar surface area (TPSA) is 12.0 Å². The third kappa shape index (κ3) is 3.45. The Morgan fingerprint density at radius 3 is 2.72 bits per heavy atom. The van der Waals surface area contributed by atoms with E-state index in [0.29, 0.717) is 6.54 Å². The summed E-state index contributed by atoms with van der Waals surface area (Å²) < 4.78 is 15.3. The van der Waals surface area contributed by atoms with Crippen molar-refractivity contribution in [2.45, 2.75) is 13.5 Å². The van der Waals surface area contributed by atoms with Crippen LogP contribution in [0.25, 0.3) is 0 Å². The Hall–Kier alpha value is -0.620. The van der Waals surface area contributed by atoms with E-state index < -0.39 is 0 Å². The monoisotopic (exact) mass is 419 g/mol. The highest BCUT2D eigenvalue weighted by atomic mass is 127. The largest absolute Gasteiger partial charge is 0.381 e. The molecule has 2 aromatic carbocycles. The van der Waals surface area contributed by atoms with Crippen molar-refractivity contribution < 1.29 is 4.39 Å². The number of halogens is 3. The second-order valence-corrected chi connectivity index (χ2v) is 6.07. The first-order chi connectivity index (χ1) is 8.56. The number of benzene rings is 2. The van der Waals surface area contributed by atoms with E-state index in [1.54, 1.807) is 6.07 Å². The van der Waals surface area contributed by atoms with Crippen LogP contribution in [0.2, 0.25) is 0 Å². The molecule has 0 aromatic heterocycles. The molecule has 0 aliphatic carbocycles. The van der Waals surface area contributed by atoms with Crippen LogP contribution in [0.1, 0.15) is 11.1 Å². The molecule has 1 N–H and O–H groups in total. The van der Waals surface area contributed by atoms with E-state index in [4.69, 9.17) is 0 Å². The first-order valence-electron chi connectivity index (χ1n) is 5.50. The number of rotatable bonds is 3. The first kappa shape index (κ1) is 13.8. The van der Waals surface area contributed by atoms with Crippen molar-refractivity contribution in [1.82, 2.24) is 0 Å². The molecular formula is C14H12BrFIN. The molecule has 0 unspecified atom stereocenters. The SMILES string of the molecule is Cc1ccc(NCc2cc(F)ccc2Br)cc1I. The molecule has 0 radical (unpaired) electrons. The van der Waals surface area contributed by atoms with Gasteiger partial charge in [-0.2, -0.15) is 0 Å². The zero-order valence-corrected chi connectivity index (χ0v) is 13.5. The molecular weight excluding hydrogens is 408 g/mol. The van der Waals surface area contributed by atoms with E-state index in [0.717, 1.165) is 15.7 Å². The highest BCUT2D eigenvalue weighted by Gasteiger charge is 2.02. The van der Waals surface area contributed by atoms with Crippen LogP contribution in [0.5, 0.6) is 0 Å². The van der Waals surface area contributed by atoms with Gasteiger partial charge in [0.1, 0.15) is 5.82 Å². The van der Waals surface area contributed by atoms with Gasteiger partial charge in [0.25, 0.3) is 0 Å². The normalized spacial score (nSPS) is 10.4. The maximum atomic E-state index is 13.1. The Morgan fingerprint density at radius 1 is 1.22 bits per heavy atom. The highest BCUT2D eigenvalue weighted by Crippen LogP contribution is 2.21. The number of aryl methyl sites for hydroxylation is 1. The average Bonchev–Trinajstić information content (AvgIpc) is 2.34. The molecule has 0 saturated heterocycles. The number of hydrogen-bond acceptors (Lipinski definition) is 1. The first-order valence-corrected chi connectivity index (χ1v) is 7.37. The van der Waals surface area contributed by atoms with E-state index in [1.807, 2.05) is 6.07 Å². The predicted molar refractivity (Wildman–Crippen MR) is 85.3 cm³/mol. The van der Waals surface area contributed by atoms with E-state index >= 15 is 0 Å². The summed E-state index contributed by atoms with van der Waals surface area (Å²) >= 11 is 5.73. The molecule has 94 valence electrons. The van der Waals surface area contributed by atoms with Gasteiger partial charge < -0.3 is 5.32 Å². The van der Waals surface area contributed by atoms with E-state index in [-0.39, 0.29) is 5.82 Å². The molecule has 0 bridgehead atoms. The summed E-state index contributed by atoms with van der Waals surface area (Å²) in [6, 6.07) is 10.9. The standard InChI is InChI=1S/C14H12BrFIN/c1-9-2-4-12(7-14(9)17)18-8-10-6-11(16)3-5-13(10)15/h2-7,18H,8H2,1H3. The van der Waals surface area contributed by atoms with Crippen LogP contribution in [0.4, 0.5) is 10.1 Å². The van der Waals surface area contributed by atoms with Crippen molar-refractivity contribution >= 4 is 44.2 Å². The summed E-state index contributed by atoms with van der Waals surface area (Å²) in [6.45, 7) is 2.67. The number of anilines is 1. The summed E-state index contributed by atoms with van der Waals surface area (Å²) in [4.78, 5) is 0. The summed E-state index contributed by atoms with van der Waals surface area (Å²) in [6.07, 6.45) is 0. The van der Waals surface area contributed by atoms with Crippen molar-refractivity contribution in [3.63, 3.8) is 0 Å². The molecule has 1 nitrogen and oxygen atoms in total. The van der Waals surface area contributed by atoms with Gasteiger partial charge in [0, 0.05) is 20.3 Å². The molecule has 0 heterocycles. The fraction of sp³-hybridized carbons (Fsp3) is 0.143. The summed E-state index contributed by atoms with van der Waals surface area (Å²) in [5, 5.41) is 3.30. The lowest BCUT2D eigenvalue weighted by Crippen LogP contribution is -2.01. The predicted octanol–water partition coefficient (Wildman–Crippen LogP) is 5.11. The molecule has 0 amide bonds. The zero-order valence-electron chi connectivity index (χ0n) is 9.81. The van der Waals surface area contributed by atoms with Crippen molar-refractivity contribution in [3.8, 4) is 0 Å². The lowest BCUT2D eigenvalue weighted by atomic mass is 10.2. The smallest absolute Gasteiger partial charge is 0.123 e. The molecule has 0 saturated carbocycles. The van der Waals surface area contributed by atoms with Gasteiger partial charge in [-0.25, -0.2) is 4.39 Å². The molecule has 0 aliphatic heterocycles. The van der Waals surface area contributed by atoms with Gasteiger partial charge in [-0.15, -0.1) is 0 Å². The molecule has 18 heavy (non-hydrogen) atoms. The summed E-state index contributed by atoms with van der Waals surface area (Å²) in [5.41, 5.74) is 3.21. The minimum Gasteiger partial charge on any atom is -0.381 e. The number of hydrogen-bond donors (Lipinski definition) is 1. The minimum atomic E-state index is -0.214. The van der Waals surface area contributed by atoms with Gasteiger partial charge in [0.15, 0.2) is 0 Å². The lowest BCUT2D eigenvalue weighted by Gasteiger charge is -2.09. The van der Waals surface area contributed by atoms with Crippen molar-refractivity contribution in [1.29, 1.82) is 0 Å². The second-order valence-electron chi connectivity index (χ2n) is 4.05. The van der Waals surface area contributed by atoms with Crippen LogP contribution >= 0.6 is 38.5 Å². The Labute approximate surface area is 128 Å². The van der Waals surface area contributed by atoms with Gasteiger partial charge in [-0.1, -0.05) is 22.0 Å². The molecule has 0 aliphatic rings. The maximum absolute atomic E-state index is 13.1. The molecule has 0 spiro atoms. The molecule has 0 atom stereocenters. The Morgan fingerprint density at radius 2 is 2.00 bits per heavy atom. The minimum absolute atomic E-state index is 0.214. The molecule has 0 fully saturated rings. The maximum Gasteiger partial charge on any atom is 0.123 e. The molecule has 2 rings (SSSR count). The average molecular weight is 420 g/mol. The summed E-state index contributed by atoms with van der Waals surface area (Å²) in [7, 11) is 0. The van der Waals surface area contributed by atoms with Gasteiger partial charge in [-0.05, 0) is 71.0 Å². The van der Waals surface area contributed by atoms with E-state index in [1.165, 1.54) is 21.3 Å². The second kappa shape index (κ2) is 6.02. The fourth-order valence-corrected chi connectivity index (χ4v) is 2.48. The third-order valence-electron chi connectivity index (χ3n) is 2.66. The van der Waals surface area contributed by atoms with Gasteiger partial charge in [0.2, 0.25) is 0 Å². The third-order valence-corrected chi connectivity index (χ3v) is 4.60. The Bertz CT molecular complexity index is 572.